The van der Waals surface area contributed by atoms with E-state index in [1.807, 2.05) is 34.9 Å². The Morgan fingerprint density at radius 3 is 2.54 bits per heavy atom. The fourth-order valence-corrected chi connectivity index (χ4v) is 5.92. The normalized spacial score (nSPS) is 19.4. The molecule has 2 amide bonds. The molecule has 0 radical (unpaired) electrons. The van der Waals surface area contributed by atoms with Gasteiger partial charge in [0.2, 0.25) is 11.8 Å². The number of amides is 2. The van der Waals surface area contributed by atoms with Crippen LogP contribution in [0.3, 0.4) is 0 Å². The molecule has 1 spiro atoms. The number of fused-ring (bicyclic) bond motifs is 1. The van der Waals surface area contributed by atoms with Crippen LogP contribution in [-0.2, 0) is 22.4 Å². The quantitative estimate of drug-likeness (QED) is 0.578. The molecular weight excluding hydrogens is 509 g/mol. The van der Waals surface area contributed by atoms with Crippen LogP contribution < -0.4 is 10.5 Å². The molecule has 8 heteroatoms. The molecule has 0 bridgehead atoms. The second-order valence-electron chi connectivity index (χ2n) is 10.2. The number of carbonyl (C=O) groups is 2. The van der Waals surface area contributed by atoms with Crippen LogP contribution in [0.4, 0.5) is 0 Å². The summed E-state index contributed by atoms with van der Waals surface area (Å²) in [6.45, 7) is 4.77. The number of para-hydroxylation sites is 1. The van der Waals surface area contributed by atoms with Crippen molar-refractivity contribution in [3.05, 3.63) is 63.6 Å². The molecular formula is C29H37Cl2N3O3. The summed E-state index contributed by atoms with van der Waals surface area (Å²) in [5, 5.41) is 0.930. The molecule has 2 heterocycles. The maximum absolute atomic E-state index is 13.8. The minimum absolute atomic E-state index is 0.0844. The Bertz CT molecular complexity index is 1100. The number of likely N-dealkylation sites (N-methyl/N-ethyl adjacent to an activating group) is 1. The van der Waals surface area contributed by atoms with E-state index in [1.165, 1.54) is 5.56 Å². The summed E-state index contributed by atoms with van der Waals surface area (Å²) >= 11 is 12.1. The Kier molecular flexibility index (Phi) is 9.38. The van der Waals surface area contributed by atoms with Crippen molar-refractivity contribution in [3.8, 4) is 5.75 Å². The van der Waals surface area contributed by atoms with Crippen LogP contribution in [0.15, 0.2) is 42.5 Å². The highest BCUT2D eigenvalue weighted by atomic mass is 35.5. The average Bonchev–Trinajstić information content (AvgIpc) is 2.91. The summed E-state index contributed by atoms with van der Waals surface area (Å²) < 4.78 is 6.08. The van der Waals surface area contributed by atoms with Gasteiger partial charge in [0, 0.05) is 19.6 Å². The van der Waals surface area contributed by atoms with Crippen LogP contribution >= 0.6 is 23.2 Å². The van der Waals surface area contributed by atoms with Crippen molar-refractivity contribution in [1.82, 2.24) is 9.80 Å². The lowest BCUT2D eigenvalue weighted by atomic mass is 9.73. The number of hydrogen-bond donors (Lipinski definition) is 1. The maximum Gasteiger partial charge on any atom is 0.239 e. The number of aryl methyl sites for hydroxylation is 1. The second kappa shape index (κ2) is 12.5. The molecule has 2 aromatic rings. The molecule has 2 aliphatic rings. The number of nitrogens with two attached hydrogens (primary N) is 1. The second-order valence-corrected chi connectivity index (χ2v) is 11.0. The van der Waals surface area contributed by atoms with Gasteiger partial charge in [-0.05, 0) is 74.8 Å². The van der Waals surface area contributed by atoms with Crippen molar-refractivity contribution < 1.29 is 14.3 Å². The molecule has 0 aliphatic carbocycles. The number of carbonyl (C=O) groups excluding carboxylic acids is 2. The Hall–Kier alpha value is -2.28. The van der Waals surface area contributed by atoms with Gasteiger partial charge in [-0.3, -0.25) is 9.59 Å². The number of ether oxygens (including phenoxy) is 1. The van der Waals surface area contributed by atoms with E-state index >= 15 is 0 Å². The van der Waals surface area contributed by atoms with Gasteiger partial charge in [0.1, 0.15) is 12.4 Å². The Labute approximate surface area is 230 Å². The lowest BCUT2D eigenvalue weighted by molar-refractivity contribution is -0.149. The van der Waals surface area contributed by atoms with Crippen LogP contribution in [0, 0.1) is 5.41 Å². The fourth-order valence-electron chi connectivity index (χ4n) is 5.60. The molecule has 0 unspecified atom stereocenters. The Morgan fingerprint density at radius 2 is 1.81 bits per heavy atom. The van der Waals surface area contributed by atoms with E-state index in [2.05, 4.69) is 12.1 Å². The van der Waals surface area contributed by atoms with Crippen molar-refractivity contribution in [2.75, 3.05) is 32.8 Å². The van der Waals surface area contributed by atoms with Crippen LogP contribution in [0.1, 0.15) is 50.2 Å². The van der Waals surface area contributed by atoms with E-state index in [4.69, 9.17) is 33.7 Å². The number of rotatable bonds is 4. The van der Waals surface area contributed by atoms with Crippen molar-refractivity contribution in [2.45, 2.75) is 57.9 Å². The Balaban J connectivity index is 1.42. The van der Waals surface area contributed by atoms with Gasteiger partial charge in [-0.15, -0.1) is 0 Å². The molecule has 4 rings (SSSR count). The molecule has 2 aromatic carbocycles. The molecule has 1 saturated heterocycles. The minimum atomic E-state index is -0.664. The van der Waals surface area contributed by atoms with Crippen molar-refractivity contribution in [2.24, 2.45) is 11.1 Å². The number of hydrogen-bond acceptors (Lipinski definition) is 4. The first kappa shape index (κ1) is 27.7. The topological polar surface area (TPSA) is 75.9 Å². The molecule has 0 saturated carbocycles. The van der Waals surface area contributed by atoms with Gasteiger partial charge < -0.3 is 20.3 Å². The smallest absolute Gasteiger partial charge is 0.239 e. The fraction of sp³-hybridized carbons (Fsp3) is 0.517. The van der Waals surface area contributed by atoms with E-state index in [1.54, 1.807) is 12.1 Å². The third-order valence-corrected chi connectivity index (χ3v) is 8.59. The summed E-state index contributed by atoms with van der Waals surface area (Å²) in [6.07, 6.45) is 5.44. The maximum atomic E-state index is 13.8. The number of piperidine rings is 1. The standard InChI is InChI=1S/C29H37Cl2N3O3/c1-2-33-17-18-37-26-9-4-3-7-22(26)8-5-6-12-29(28(33)36)13-15-34(16-14-29)27(35)25(32)20-21-10-11-23(30)24(31)19-21/h3-4,7,9-11,19,25H,2,5-6,8,12-18,20,32H2,1H3/t25-/m0/s1. The van der Waals surface area contributed by atoms with Crippen LogP contribution in [0.2, 0.25) is 10.0 Å². The summed E-state index contributed by atoms with van der Waals surface area (Å²) in [6, 6.07) is 12.8. The number of halogens is 2. The number of nitrogens with zero attached hydrogens (tertiary/aromatic N) is 2. The van der Waals surface area contributed by atoms with Gasteiger partial charge in [-0.2, -0.15) is 0 Å². The van der Waals surface area contributed by atoms with Gasteiger partial charge in [0.25, 0.3) is 0 Å². The number of benzene rings is 2. The average molecular weight is 547 g/mol. The van der Waals surface area contributed by atoms with Crippen LogP contribution in [-0.4, -0.2) is 60.4 Å². The third-order valence-electron chi connectivity index (χ3n) is 7.85. The van der Waals surface area contributed by atoms with E-state index in [-0.39, 0.29) is 11.8 Å². The van der Waals surface area contributed by atoms with Gasteiger partial charge in [0.05, 0.1) is 28.0 Å². The van der Waals surface area contributed by atoms with Crippen molar-refractivity contribution in [1.29, 1.82) is 0 Å². The van der Waals surface area contributed by atoms with Crippen molar-refractivity contribution >= 4 is 35.0 Å². The summed E-state index contributed by atoms with van der Waals surface area (Å²) in [5.41, 5.74) is 7.96. The van der Waals surface area contributed by atoms with E-state index in [0.717, 1.165) is 37.0 Å². The van der Waals surface area contributed by atoms with E-state index < -0.39 is 11.5 Å². The highest BCUT2D eigenvalue weighted by molar-refractivity contribution is 6.42. The zero-order chi connectivity index (χ0) is 26.4. The first-order valence-corrected chi connectivity index (χ1v) is 14.1. The summed E-state index contributed by atoms with van der Waals surface area (Å²) in [4.78, 5) is 30.8. The molecule has 1 fully saturated rings. The largest absolute Gasteiger partial charge is 0.491 e. The van der Waals surface area contributed by atoms with Crippen LogP contribution in [0.25, 0.3) is 0 Å². The predicted molar refractivity (Wildman–Crippen MR) is 148 cm³/mol. The minimum Gasteiger partial charge on any atom is -0.491 e. The third kappa shape index (κ3) is 6.60. The molecule has 0 aromatic heterocycles. The summed E-state index contributed by atoms with van der Waals surface area (Å²) in [5.74, 6) is 1.03. The molecule has 2 aliphatic heterocycles. The van der Waals surface area contributed by atoms with Gasteiger partial charge in [-0.1, -0.05) is 53.9 Å². The van der Waals surface area contributed by atoms with Gasteiger partial charge in [-0.25, -0.2) is 0 Å². The molecule has 200 valence electrons. The zero-order valence-corrected chi connectivity index (χ0v) is 23.1. The predicted octanol–water partition coefficient (Wildman–Crippen LogP) is 5.13. The highest BCUT2D eigenvalue weighted by Crippen LogP contribution is 2.39. The lowest BCUT2D eigenvalue weighted by Gasteiger charge is -2.44. The first-order chi connectivity index (χ1) is 17.8. The summed E-state index contributed by atoms with van der Waals surface area (Å²) in [7, 11) is 0. The monoisotopic (exact) mass is 545 g/mol. The van der Waals surface area contributed by atoms with Crippen molar-refractivity contribution in [3.63, 3.8) is 0 Å². The van der Waals surface area contributed by atoms with E-state index in [0.29, 0.717) is 62.1 Å². The number of likely N-dealkylation sites (tertiary alicyclic amines) is 1. The lowest BCUT2D eigenvalue weighted by Crippen LogP contribution is -2.54. The van der Waals surface area contributed by atoms with E-state index in [9.17, 15) is 9.59 Å². The SMILES string of the molecule is CCN1CCOc2ccccc2CCCCC2(CCN(C(=O)[C@@H](N)Cc3ccc(Cl)c(Cl)c3)CC2)C1=O. The first-order valence-electron chi connectivity index (χ1n) is 13.3. The van der Waals surface area contributed by atoms with Crippen LogP contribution in [0.5, 0.6) is 5.75 Å². The van der Waals surface area contributed by atoms with Gasteiger partial charge in [0.15, 0.2) is 0 Å². The Morgan fingerprint density at radius 1 is 1.05 bits per heavy atom. The zero-order valence-electron chi connectivity index (χ0n) is 21.6. The molecule has 1 atom stereocenters. The molecule has 6 nitrogen and oxygen atoms in total. The highest BCUT2D eigenvalue weighted by Gasteiger charge is 2.44. The molecule has 2 N–H and O–H groups in total. The molecule has 37 heavy (non-hydrogen) atoms. The van der Waals surface area contributed by atoms with Gasteiger partial charge >= 0.3 is 0 Å².